The summed E-state index contributed by atoms with van der Waals surface area (Å²) in [6.07, 6.45) is -4.58. The number of fused-ring (bicyclic) bond motifs is 1. The second kappa shape index (κ2) is 8.55. The van der Waals surface area contributed by atoms with Crippen LogP contribution < -0.4 is 21.5 Å². The number of nitrogens with zero attached hydrogens (tertiary/aromatic N) is 6. The normalized spacial score (nSPS) is 15.9. The van der Waals surface area contributed by atoms with Crippen molar-refractivity contribution in [1.29, 1.82) is 0 Å². The smallest absolute Gasteiger partial charge is 0.329 e. The van der Waals surface area contributed by atoms with Gasteiger partial charge in [0.05, 0.1) is 6.04 Å². The number of nitrogens with one attached hydrogen (secondary N) is 1. The van der Waals surface area contributed by atoms with Gasteiger partial charge in [-0.1, -0.05) is 0 Å². The Morgan fingerprint density at radius 3 is 2.49 bits per heavy atom. The number of aryl methyl sites for hydroxylation is 1. The molecule has 2 aliphatic heterocycles. The number of imidazole rings is 1. The van der Waals surface area contributed by atoms with Gasteiger partial charge in [0, 0.05) is 39.4 Å². The molecule has 0 fully saturated rings. The van der Waals surface area contributed by atoms with Crippen molar-refractivity contribution >= 4 is 29.0 Å². The van der Waals surface area contributed by atoms with Crippen LogP contribution in [0.15, 0.2) is 20.9 Å². The van der Waals surface area contributed by atoms with Crippen LogP contribution in [0.3, 0.4) is 0 Å². The predicted molar refractivity (Wildman–Crippen MR) is 116 cm³/mol. The van der Waals surface area contributed by atoms with E-state index in [-0.39, 0.29) is 17.1 Å². The molecular formula is C20H24F3N7O5. The van der Waals surface area contributed by atoms with Crippen molar-refractivity contribution in [2.45, 2.75) is 39.0 Å². The Kier molecular flexibility index (Phi) is 5.99. The van der Waals surface area contributed by atoms with E-state index in [9.17, 15) is 32.3 Å². The van der Waals surface area contributed by atoms with Gasteiger partial charge < -0.3 is 15.1 Å². The third-order valence-electron chi connectivity index (χ3n) is 5.99. The van der Waals surface area contributed by atoms with E-state index in [0.29, 0.717) is 24.7 Å². The second-order valence-electron chi connectivity index (χ2n) is 8.62. The summed E-state index contributed by atoms with van der Waals surface area (Å²) in [5.41, 5.74) is 0.639. The van der Waals surface area contributed by atoms with E-state index >= 15 is 0 Å². The summed E-state index contributed by atoms with van der Waals surface area (Å²) in [5.74, 6) is -3.36. The molecule has 0 radical (unpaired) electrons. The van der Waals surface area contributed by atoms with Crippen LogP contribution in [-0.4, -0.2) is 67.5 Å². The van der Waals surface area contributed by atoms with Crippen LogP contribution in [0.1, 0.15) is 20.3 Å². The number of anilines is 1. The van der Waals surface area contributed by atoms with Crippen LogP contribution in [0.5, 0.6) is 0 Å². The lowest BCUT2D eigenvalue weighted by Gasteiger charge is -2.26. The number of halogens is 3. The van der Waals surface area contributed by atoms with E-state index in [0.717, 1.165) is 26.8 Å². The van der Waals surface area contributed by atoms with Gasteiger partial charge in [0.15, 0.2) is 11.2 Å². The second-order valence-corrected chi connectivity index (χ2v) is 8.62. The minimum Gasteiger partial charge on any atom is -0.329 e. The minimum atomic E-state index is -5.30. The van der Waals surface area contributed by atoms with Crippen molar-refractivity contribution < 1.29 is 27.6 Å². The highest BCUT2D eigenvalue weighted by molar-refractivity contribution is 5.83. The van der Waals surface area contributed by atoms with E-state index in [1.165, 1.54) is 32.5 Å². The number of alkyl halides is 3. The van der Waals surface area contributed by atoms with E-state index in [1.807, 2.05) is 4.90 Å². The van der Waals surface area contributed by atoms with Gasteiger partial charge in [0.25, 0.3) is 11.5 Å². The number of amides is 1. The first-order valence-corrected chi connectivity index (χ1v) is 10.8. The average molecular weight is 499 g/mol. The fraction of sp³-hybridized carbons (Fsp3) is 0.550. The van der Waals surface area contributed by atoms with Gasteiger partial charge in [-0.3, -0.25) is 23.3 Å². The Balaban J connectivity index is 1.84. The molecule has 2 aromatic heterocycles. The molecule has 1 amide bonds. The predicted octanol–water partition coefficient (Wildman–Crippen LogP) is -0.241. The van der Waals surface area contributed by atoms with Crippen molar-refractivity contribution in [3.05, 3.63) is 32.1 Å². The van der Waals surface area contributed by atoms with Gasteiger partial charge in [-0.2, -0.15) is 23.2 Å². The molecule has 0 aromatic carbocycles. The summed E-state index contributed by atoms with van der Waals surface area (Å²) < 4.78 is 41.6. The summed E-state index contributed by atoms with van der Waals surface area (Å²) in [7, 11) is 2.69. The lowest BCUT2D eigenvalue weighted by Crippen LogP contribution is -2.44. The number of hydrogen-bond acceptors (Lipinski definition) is 8. The van der Waals surface area contributed by atoms with Gasteiger partial charge in [0.2, 0.25) is 5.95 Å². The molecule has 2 aromatic rings. The van der Waals surface area contributed by atoms with Crippen LogP contribution >= 0.6 is 0 Å². The van der Waals surface area contributed by atoms with E-state index < -0.39 is 41.9 Å². The largest absolute Gasteiger partial charge is 0.493 e. The maximum absolute atomic E-state index is 13.1. The Morgan fingerprint density at radius 1 is 1.17 bits per heavy atom. The molecular weight excluding hydrogens is 475 g/mol. The number of carbonyl (C=O) groups excluding carboxylic acids is 2. The Bertz CT molecular complexity index is 1370. The maximum atomic E-state index is 13.1. The monoisotopic (exact) mass is 499 g/mol. The Hall–Kier alpha value is -3.62. The fourth-order valence-electron chi connectivity index (χ4n) is 4.26. The van der Waals surface area contributed by atoms with Crippen molar-refractivity contribution in [3.8, 4) is 0 Å². The van der Waals surface area contributed by atoms with Gasteiger partial charge in [0.1, 0.15) is 6.54 Å². The first-order chi connectivity index (χ1) is 16.3. The average Bonchev–Trinajstić information content (AvgIpc) is 3.48. The Morgan fingerprint density at radius 2 is 1.86 bits per heavy atom. The molecule has 0 saturated heterocycles. The molecule has 15 heteroatoms. The van der Waals surface area contributed by atoms with Crippen LogP contribution in [0.4, 0.5) is 19.1 Å². The summed E-state index contributed by atoms with van der Waals surface area (Å²) in [4.78, 5) is 60.7. The SMILES string of the molecule is CC(C)N(OC(=O)C(F)(F)F)C(=O)Cn1c(N2CCC3=C2CNC3)nc2c1c(=O)n(C)c(=O)n2C. The van der Waals surface area contributed by atoms with Crippen molar-refractivity contribution in [2.24, 2.45) is 14.1 Å². The summed E-state index contributed by atoms with van der Waals surface area (Å²) in [6.45, 7) is 3.81. The molecule has 0 bridgehead atoms. The molecule has 4 rings (SSSR count). The molecule has 0 atom stereocenters. The summed E-state index contributed by atoms with van der Waals surface area (Å²) >= 11 is 0. The van der Waals surface area contributed by atoms with Crippen molar-refractivity contribution in [3.63, 3.8) is 0 Å². The summed E-state index contributed by atoms with van der Waals surface area (Å²) in [5, 5.41) is 3.54. The number of hydroxylamine groups is 2. The van der Waals surface area contributed by atoms with Gasteiger partial charge in [-0.15, -0.1) is 0 Å². The molecule has 1 N–H and O–H groups in total. The van der Waals surface area contributed by atoms with Crippen LogP contribution in [0, 0.1) is 0 Å². The zero-order valence-electron chi connectivity index (χ0n) is 19.5. The Labute approximate surface area is 196 Å². The topological polar surface area (TPSA) is 124 Å². The molecule has 0 spiro atoms. The fourth-order valence-corrected chi connectivity index (χ4v) is 4.26. The number of hydrogen-bond donors (Lipinski definition) is 1. The molecule has 0 unspecified atom stereocenters. The molecule has 12 nitrogen and oxygen atoms in total. The molecule has 35 heavy (non-hydrogen) atoms. The number of rotatable bonds is 4. The summed E-state index contributed by atoms with van der Waals surface area (Å²) in [6, 6.07) is -0.931. The first kappa shape index (κ1) is 24.5. The molecule has 4 heterocycles. The highest BCUT2D eigenvalue weighted by atomic mass is 19.4. The van der Waals surface area contributed by atoms with Crippen LogP contribution in [0.2, 0.25) is 0 Å². The first-order valence-electron chi connectivity index (χ1n) is 10.8. The number of carbonyl (C=O) groups is 2. The third-order valence-corrected chi connectivity index (χ3v) is 5.99. The number of aromatic nitrogens is 4. The zero-order valence-corrected chi connectivity index (χ0v) is 19.5. The van der Waals surface area contributed by atoms with Crippen molar-refractivity contribution in [1.82, 2.24) is 29.1 Å². The highest BCUT2D eigenvalue weighted by Crippen LogP contribution is 2.32. The van der Waals surface area contributed by atoms with E-state index in [4.69, 9.17) is 0 Å². The standard InChI is InChI=1S/C20H24F3N7O5/c1-10(2)30(35-17(33)20(21,22)23)13(31)9-29-14-15(26(3)19(34)27(4)16(14)32)25-18(29)28-6-5-11-7-24-8-12(11)28/h10,24H,5-9H2,1-4H3. The van der Waals surface area contributed by atoms with E-state index in [2.05, 4.69) is 15.1 Å². The lowest BCUT2D eigenvalue weighted by atomic mass is 10.2. The van der Waals surface area contributed by atoms with Crippen molar-refractivity contribution in [2.75, 3.05) is 24.5 Å². The zero-order chi connectivity index (χ0) is 25.8. The maximum Gasteiger partial charge on any atom is 0.493 e. The molecule has 190 valence electrons. The van der Waals surface area contributed by atoms with Crippen LogP contribution in [0.25, 0.3) is 11.2 Å². The van der Waals surface area contributed by atoms with Crippen LogP contribution in [-0.2, 0) is 35.1 Å². The van der Waals surface area contributed by atoms with Gasteiger partial charge >= 0.3 is 17.8 Å². The third kappa shape index (κ3) is 4.09. The highest BCUT2D eigenvalue weighted by Gasteiger charge is 2.44. The molecule has 2 aliphatic rings. The van der Waals surface area contributed by atoms with Gasteiger partial charge in [-0.25, -0.2) is 9.59 Å². The van der Waals surface area contributed by atoms with Gasteiger partial charge in [-0.05, 0) is 25.8 Å². The quantitative estimate of drug-likeness (QED) is 0.572. The molecule has 0 aliphatic carbocycles. The lowest BCUT2D eigenvalue weighted by molar-refractivity contribution is -0.242. The van der Waals surface area contributed by atoms with E-state index in [1.54, 1.807) is 0 Å². The minimum absolute atomic E-state index is 0.0179. The molecule has 0 saturated carbocycles.